The number of aromatic amines is 1. The van der Waals surface area contributed by atoms with E-state index in [1.807, 2.05) is 31.2 Å². The molecule has 0 spiro atoms. The third-order valence-electron chi connectivity index (χ3n) is 4.11. The van der Waals surface area contributed by atoms with Gasteiger partial charge in [0.15, 0.2) is 11.5 Å². The second-order valence-electron chi connectivity index (χ2n) is 5.75. The van der Waals surface area contributed by atoms with Gasteiger partial charge < -0.3 is 14.8 Å². The maximum Gasteiger partial charge on any atom is 0.205 e. The number of allylic oxidation sites excluding steroid dienone is 1. The normalized spacial score (nSPS) is 11.4. The lowest BCUT2D eigenvalue weighted by Crippen LogP contribution is -2.01. The van der Waals surface area contributed by atoms with Gasteiger partial charge in [-0.05, 0) is 42.3 Å². The summed E-state index contributed by atoms with van der Waals surface area (Å²) in [5.74, 6) is -0.420. The highest BCUT2D eigenvalue weighted by Crippen LogP contribution is 2.35. The lowest BCUT2D eigenvalue weighted by Gasteiger charge is -2.07. The van der Waals surface area contributed by atoms with Gasteiger partial charge in [0.05, 0.1) is 12.1 Å². The Kier molecular flexibility index (Phi) is 4.70. The van der Waals surface area contributed by atoms with Gasteiger partial charge in [-0.15, -0.1) is 0 Å². The van der Waals surface area contributed by atoms with E-state index in [-0.39, 0.29) is 22.1 Å². The largest absolute Gasteiger partial charge is 0.503 e. The van der Waals surface area contributed by atoms with Crippen molar-refractivity contribution in [2.24, 2.45) is 0 Å². The van der Waals surface area contributed by atoms with E-state index >= 15 is 0 Å². The number of aromatic hydroxyl groups is 1. The Hall–Kier alpha value is -3.23. The number of nitriles is 1. The van der Waals surface area contributed by atoms with E-state index < -0.39 is 5.78 Å². The molecule has 0 unspecified atom stereocenters. The summed E-state index contributed by atoms with van der Waals surface area (Å²) < 4.78 is 5.05. The van der Waals surface area contributed by atoms with E-state index in [1.165, 1.54) is 25.3 Å². The molecule has 0 fully saturated rings. The molecule has 2 N–H and O–H groups in total. The number of ketones is 1. The second kappa shape index (κ2) is 6.95. The molecule has 0 saturated heterocycles. The SMILES string of the molecule is COc1cc(/C=C(\C#N)C(=O)c2c[nH]c3cccc(C)c23)cc(Cl)c1O. The molecule has 0 atom stereocenters. The lowest BCUT2D eigenvalue weighted by atomic mass is 9.99. The third-order valence-corrected chi connectivity index (χ3v) is 4.39. The molecule has 0 aliphatic heterocycles. The minimum Gasteiger partial charge on any atom is -0.503 e. The summed E-state index contributed by atoms with van der Waals surface area (Å²) in [6.45, 7) is 1.91. The molecule has 26 heavy (non-hydrogen) atoms. The average Bonchev–Trinajstić information content (AvgIpc) is 3.07. The van der Waals surface area contributed by atoms with Gasteiger partial charge in [-0.3, -0.25) is 4.79 Å². The number of aryl methyl sites for hydroxylation is 1. The molecule has 1 heterocycles. The van der Waals surface area contributed by atoms with E-state index in [9.17, 15) is 15.2 Å². The summed E-state index contributed by atoms with van der Waals surface area (Å²) in [6, 6.07) is 10.6. The maximum atomic E-state index is 12.9. The van der Waals surface area contributed by atoms with Crippen LogP contribution in [0.5, 0.6) is 11.5 Å². The van der Waals surface area contributed by atoms with Gasteiger partial charge in [-0.2, -0.15) is 5.26 Å². The van der Waals surface area contributed by atoms with Crippen LogP contribution in [0.15, 0.2) is 42.1 Å². The smallest absolute Gasteiger partial charge is 0.205 e. The number of hydrogen-bond acceptors (Lipinski definition) is 4. The highest BCUT2D eigenvalue weighted by atomic mass is 35.5. The lowest BCUT2D eigenvalue weighted by molar-refractivity contribution is 0.104. The monoisotopic (exact) mass is 366 g/mol. The third kappa shape index (κ3) is 3.03. The van der Waals surface area contributed by atoms with Crippen LogP contribution in [-0.2, 0) is 0 Å². The molecule has 2 aromatic carbocycles. The first-order valence-electron chi connectivity index (χ1n) is 7.76. The van der Waals surface area contributed by atoms with Gasteiger partial charge in [0.1, 0.15) is 11.6 Å². The first-order valence-corrected chi connectivity index (χ1v) is 8.13. The number of hydrogen-bond donors (Lipinski definition) is 2. The van der Waals surface area contributed by atoms with Crippen molar-refractivity contribution in [2.45, 2.75) is 6.92 Å². The van der Waals surface area contributed by atoms with E-state index in [0.29, 0.717) is 11.1 Å². The minimum absolute atomic E-state index is 0.0436. The van der Waals surface area contributed by atoms with Crippen molar-refractivity contribution in [3.63, 3.8) is 0 Å². The van der Waals surface area contributed by atoms with Crippen LogP contribution in [0.25, 0.3) is 17.0 Å². The fourth-order valence-electron chi connectivity index (χ4n) is 2.84. The minimum atomic E-state index is -0.392. The zero-order valence-electron chi connectivity index (χ0n) is 14.1. The summed E-state index contributed by atoms with van der Waals surface area (Å²) in [7, 11) is 1.39. The highest BCUT2D eigenvalue weighted by molar-refractivity contribution is 6.32. The van der Waals surface area contributed by atoms with Crippen molar-refractivity contribution in [2.75, 3.05) is 7.11 Å². The average molecular weight is 367 g/mol. The molecule has 0 radical (unpaired) electrons. The van der Waals surface area contributed by atoms with Gasteiger partial charge in [0.2, 0.25) is 5.78 Å². The number of H-pyrrole nitrogens is 1. The number of carbonyl (C=O) groups excluding carboxylic acids is 1. The molecule has 130 valence electrons. The molecular formula is C20H15ClN2O3. The number of phenolic OH excluding ortho intramolecular Hbond substituents is 1. The molecule has 3 rings (SSSR count). The molecule has 0 aliphatic carbocycles. The van der Waals surface area contributed by atoms with Gasteiger partial charge in [0, 0.05) is 22.7 Å². The van der Waals surface area contributed by atoms with Crippen molar-refractivity contribution in [3.05, 3.63) is 63.8 Å². The molecule has 6 heteroatoms. The number of rotatable bonds is 4. The quantitative estimate of drug-likeness (QED) is 0.400. The maximum absolute atomic E-state index is 12.9. The Labute approximate surface area is 155 Å². The number of ether oxygens (including phenoxy) is 1. The van der Waals surface area contributed by atoms with Gasteiger partial charge in [0.25, 0.3) is 0 Å². The molecular weight excluding hydrogens is 352 g/mol. The molecule has 1 aromatic heterocycles. The summed E-state index contributed by atoms with van der Waals surface area (Å²) in [4.78, 5) is 15.9. The number of phenols is 1. The molecule has 0 amide bonds. The number of Topliss-reactive ketones (excluding diaryl/α,β-unsaturated/α-hetero) is 1. The topological polar surface area (TPSA) is 86.1 Å². The number of aromatic nitrogens is 1. The van der Waals surface area contributed by atoms with Gasteiger partial charge >= 0.3 is 0 Å². The van der Waals surface area contributed by atoms with Crippen molar-refractivity contribution < 1.29 is 14.6 Å². The van der Waals surface area contributed by atoms with Crippen LogP contribution in [0.4, 0.5) is 0 Å². The first kappa shape index (κ1) is 17.6. The van der Waals surface area contributed by atoms with Crippen LogP contribution in [0.2, 0.25) is 5.02 Å². The zero-order chi connectivity index (χ0) is 18.8. The van der Waals surface area contributed by atoms with Crippen LogP contribution in [0.1, 0.15) is 21.5 Å². The van der Waals surface area contributed by atoms with Crippen LogP contribution < -0.4 is 4.74 Å². The summed E-state index contributed by atoms with van der Waals surface area (Å²) in [6.07, 6.45) is 3.03. The fourth-order valence-corrected chi connectivity index (χ4v) is 3.06. The van der Waals surface area contributed by atoms with E-state index in [4.69, 9.17) is 16.3 Å². The predicted octanol–water partition coefficient (Wildman–Crippen LogP) is 4.63. The standard InChI is InChI=1S/C20H15ClN2O3/c1-11-4-3-5-16-18(11)14(10-23-16)19(24)13(9-22)6-12-7-15(21)20(25)17(8-12)26-2/h3-8,10,23,25H,1-2H3/b13-6+. The molecule has 5 nitrogen and oxygen atoms in total. The number of methoxy groups -OCH3 is 1. The number of nitrogens with zero attached hydrogens (tertiary/aromatic N) is 1. The number of benzene rings is 2. The zero-order valence-corrected chi connectivity index (χ0v) is 14.9. The van der Waals surface area contributed by atoms with Gasteiger partial charge in [-0.1, -0.05) is 23.7 Å². The van der Waals surface area contributed by atoms with Crippen molar-refractivity contribution in [1.82, 2.24) is 4.98 Å². The summed E-state index contributed by atoms with van der Waals surface area (Å²) >= 11 is 5.97. The molecule has 0 bridgehead atoms. The molecule has 0 aliphatic rings. The number of halogens is 1. The van der Waals surface area contributed by atoms with Crippen molar-refractivity contribution >= 4 is 34.4 Å². The van der Waals surface area contributed by atoms with E-state index in [2.05, 4.69) is 4.98 Å². The Morgan fingerprint density at radius 3 is 2.85 bits per heavy atom. The van der Waals surface area contributed by atoms with Gasteiger partial charge in [-0.25, -0.2) is 0 Å². The molecule has 0 saturated carbocycles. The van der Waals surface area contributed by atoms with Crippen LogP contribution >= 0.6 is 11.6 Å². The first-order chi connectivity index (χ1) is 12.5. The Bertz CT molecular complexity index is 1090. The van der Waals surface area contributed by atoms with Crippen LogP contribution in [-0.4, -0.2) is 23.0 Å². The van der Waals surface area contributed by atoms with Crippen LogP contribution in [0.3, 0.4) is 0 Å². The Morgan fingerprint density at radius 2 is 2.15 bits per heavy atom. The van der Waals surface area contributed by atoms with E-state index in [1.54, 1.807) is 6.20 Å². The van der Waals surface area contributed by atoms with Crippen LogP contribution in [0, 0.1) is 18.3 Å². The Morgan fingerprint density at radius 1 is 1.38 bits per heavy atom. The Balaban J connectivity index is 2.09. The summed E-state index contributed by atoms with van der Waals surface area (Å²) in [5, 5.41) is 20.2. The summed E-state index contributed by atoms with van der Waals surface area (Å²) in [5.41, 5.74) is 2.64. The van der Waals surface area contributed by atoms with E-state index in [0.717, 1.165) is 16.5 Å². The highest BCUT2D eigenvalue weighted by Gasteiger charge is 2.18. The predicted molar refractivity (Wildman–Crippen MR) is 101 cm³/mol. The van der Waals surface area contributed by atoms with Crippen molar-refractivity contribution in [3.8, 4) is 17.6 Å². The number of nitrogens with one attached hydrogen (secondary N) is 1. The number of carbonyl (C=O) groups is 1. The number of fused-ring (bicyclic) bond motifs is 1. The fraction of sp³-hybridized carbons (Fsp3) is 0.100. The van der Waals surface area contributed by atoms with Crippen molar-refractivity contribution in [1.29, 1.82) is 5.26 Å². The molecule has 3 aromatic rings. The second-order valence-corrected chi connectivity index (χ2v) is 6.16.